The minimum Gasteiger partial charge on any atom is -0.493 e. The van der Waals surface area contributed by atoms with Gasteiger partial charge in [-0.1, -0.05) is 24.6 Å². The van der Waals surface area contributed by atoms with Crippen LogP contribution >= 0.6 is 24.0 Å². The molecule has 2 unspecified atom stereocenters. The molecule has 0 bridgehead atoms. The predicted molar refractivity (Wildman–Crippen MR) is 114 cm³/mol. The summed E-state index contributed by atoms with van der Waals surface area (Å²) < 4.78 is 5.68. The Hall–Kier alpha value is -1.02. The van der Waals surface area contributed by atoms with Crippen LogP contribution in [0, 0.1) is 0 Å². The summed E-state index contributed by atoms with van der Waals surface area (Å²) in [6.45, 7) is 6.19. The van der Waals surface area contributed by atoms with E-state index in [0.717, 1.165) is 44.3 Å². The van der Waals surface area contributed by atoms with Gasteiger partial charge in [-0.2, -0.15) is 0 Å². The molecular weight excluding hydrogens is 427 g/mol. The van der Waals surface area contributed by atoms with Gasteiger partial charge in [-0.3, -0.25) is 4.99 Å². The topological polar surface area (TPSA) is 62.9 Å². The number of likely N-dealkylation sites (tertiary alicyclic amines) is 1. The van der Waals surface area contributed by atoms with Gasteiger partial charge >= 0.3 is 0 Å². The van der Waals surface area contributed by atoms with Crippen molar-refractivity contribution >= 4 is 29.9 Å². The van der Waals surface area contributed by atoms with E-state index in [2.05, 4.69) is 28.2 Å². The first kappa shape index (κ1) is 20.3. The number of para-hydroxylation sites is 1. The van der Waals surface area contributed by atoms with E-state index in [-0.39, 0.29) is 30.0 Å². The number of halogens is 1. The van der Waals surface area contributed by atoms with Gasteiger partial charge < -0.3 is 20.7 Å². The Morgan fingerprint density at radius 1 is 1.32 bits per heavy atom. The van der Waals surface area contributed by atoms with Crippen LogP contribution in [0.2, 0.25) is 0 Å². The zero-order chi connectivity index (χ0) is 16.8. The van der Waals surface area contributed by atoms with Gasteiger partial charge in [0.15, 0.2) is 5.96 Å². The van der Waals surface area contributed by atoms with E-state index in [0.29, 0.717) is 5.96 Å². The Labute approximate surface area is 168 Å². The average molecular weight is 458 g/mol. The molecule has 2 atom stereocenters. The third-order valence-electron chi connectivity index (χ3n) is 5.11. The number of nitrogens with zero attached hydrogens (tertiary/aromatic N) is 2. The normalized spacial score (nSPS) is 24.0. The Morgan fingerprint density at radius 3 is 3.00 bits per heavy atom. The summed E-state index contributed by atoms with van der Waals surface area (Å²) in [4.78, 5) is 7.10. The van der Waals surface area contributed by atoms with E-state index < -0.39 is 0 Å². The number of aliphatic imine (C=N–C) groups is 1. The van der Waals surface area contributed by atoms with Crippen molar-refractivity contribution in [1.29, 1.82) is 0 Å². The van der Waals surface area contributed by atoms with Crippen LogP contribution < -0.4 is 15.8 Å². The van der Waals surface area contributed by atoms with Crippen LogP contribution in [0.1, 0.15) is 50.6 Å². The number of rotatable bonds is 5. The molecule has 5 nitrogen and oxygen atoms in total. The Balaban J connectivity index is 0.00000225. The lowest BCUT2D eigenvalue weighted by molar-refractivity contribution is 0.160. The van der Waals surface area contributed by atoms with E-state index in [9.17, 15) is 0 Å². The van der Waals surface area contributed by atoms with Crippen LogP contribution in [-0.4, -0.2) is 43.1 Å². The van der Waals surface area contributed by atoms with E-state index in [1.165, 1.54) is 31.4 Å². The third-order valence-corrected chi connectivity index (χ3v) is 5.11. The monoisotopic (exact) mass is 458 g/mol. The minimum absolute atomic E-state index is 0. The van der Waals surface area contributed by atoms with Crippen LogP contribution in [0.15, 0.2) is 29.3 Å². The van der Waals surface area contributed by atoms with Gasteiger partial charge in [0.05, 0.1) is 12.6 Å². The van der Waals surface area contributed by atoms with Crippen LogP contribution in [-0.2, 0) is 0 Å². The molecule has 0 saturated carbocycles. The van der Waals surface area contributed by atoms with Crippen molar-refractivity contribution in [3.8, 4) is 5.75 Å². The van der Waals surface area contributed by atoms with E-state index >= 15 is 0 Å². The van der Waals surface area contributed by atoms with Crippen molar-refractivity contribution in [2.24, 2.45) is 10.7 Å². The van der Waals surface area contributed by atoms with Gasteiger partial charge in [0.25, 0.3) is 0 Å². The quantitative estimate of drug-likeness (QED) is 0.308. The summed E-state index contributed by atoms with van der Waals surface area (Å²) in [6, 6.07) is 9.06. The number of piperidine rings is 1. The first-order chi connectivity index (χ1) is 11.7. The molecule has 1 aromatic carbocycles. The molecule has 1 fully saturated rings. The molecule has 3 N–H and O–H groups in total. The molecule has 0 spiro atoms. The molecule has 1 aromatic rings. The Bertz CT molecular complexity index is 566. The van der Waals surface area contributed by atoms with Gasteiger partial charge in [0.2, 0.25) is 0 Å². The van der Waals surface area contributed by atoms with Gasteiger partial charge in [-0.05, 0) is 38.8 Å². The van der Waals surface area contributed by atoms with E-state index in [1.54, 1.807) is 0 Å². The van der Waals surface area contributed by atoms with Gasteiger partial charge in [0.1, 0.15) is 5.75 Å². The maximum absolute atomic E-state index is 6.09. The van der Waals surface area contributed by atoms with Crippen LogP contribution in [0.25, 0.3) is 0 Å². The first-order valence-corrected chi connectivity index (χ1v) is 9.26. The number of nitrogens with two attached hydrogens (primary N) is 1. The molecule has 2 aliphatic rings. The second-order valence-electron chi connectivity index (χ2n) is 6.87. The molecule has 3 rings (SSSR count). The molecule has 2 heterocycles. The highest BCUT2D eigenvalue weighted by Gasteiger charge is 2.21. The molecule has 0 amide bonds. The van der Waals surface area contributed by atoms with Crippen molar-refractivity contribution < 1.29 is 4.74 Å². The van der Waals surface area contributed by atoms with Crippen molar-refractivity contribution in [1.82, 2.24) is 10.2 Å². The number of benzene rings is 1. The van der Waals surface area contributed by atoms with E-state index in [4.69, 9.17) is 10.5 Å². The zero-order valence-corrected chi connectivity index (χ0v) is 17.4. The summed E-state index contributed by atoms with van der Waals surface area (Å²) in [5, 5.41) is 3.36. The Morgan fingerprint density at radius 2 is 2.16 bits per heavy atom. The molecule has 0 aromatic heterocycles. The SMILES string of the molecule is CC1CCCCN1CCCN=C(N)NC1CCOc2ccccc21.I. The smallest absolute Gasteiger partial charge is 0.189 e. The highest BCUT2D eigenvalue weighted by Crippen LogP contribution is 2.31. The van der Waals surface area contributed by atoms with Gasteiger partial charge in [-0.15, -0.1) is 24.0 Å². The number of hydrogen-bond acceptors (Lipinski definition) is 3. The van der Waals surface area contributed by atoms with Crippen LogP contribution in [0.5, 0.6) is 5.75 Å². The second-order valence-corrected chi connectivity index (χ2v) is 6.87. The first-order valence-electron chi connectivity index (χ1n) is 9.26. The van der Waals surface area contributed by atoms with Crippen molar-refractivity contribution in [2.45, 2.75) is 51.1 Å². The maximum Gasteiger partial charge on any atom is 0.189 e. The van der Waals surface area contributed by atoms with Crippen LogP contribution in [0.4, 0.5) is 0 Å². The number of nitrogens with one attached hydrogen (secondary N) is 1. The van der Waals surface area contributed by atoms with Crippen LogP contribution in [0.3, 0.4) is 0 Å². The molecular formula is C19H31IN4O. The fourth-order valence-corrected chi connectivity index (χ4v) is 3.68. The van der Waals surface area contributed by atoms with Gasteiger partial charge in [0, 0.05) is 31.1 Å². The molecule has 0 radical (unpaired) electrons. The fourth-order valence-electron chi connectivity index (χ4n) is 3.68. The zero-order valence-electron chi connectivity index (χ0n) is 15.1. The largest absolute Gasteiger partial charge is 0.493 e. The van der Waals surface area contributed by atoms with Crippen molar-refractivity contribution in [3.05, 3.63) is 29.8 Å². The second kappa shape index (κ2) is 10.2. The highest BCUT2D eigenvalue weighted by molar-refractivity contribution is 14.0. The predicted octanol–water partition coefficient (Wildman–Crippen LogP) is 3.30. The minimum atomic E-state index is 0. The summed E-state index contributed by atoms with van der Waals surface area (Å²) in [7, 11) is 0. The average Bonchev–Trinajstić information content (AvgIpc) is 2.60. The highest BCUT2D eigenvalue weighted by atomic mass is 127. The molecule has 1 saturated heterocycles. The van der Waals surface area contributed by atoms with Crippen molar-refractivity contribution in [3.63, 3.8) is 0 Å². The number of fused-ring (bicyclic) bond motifs is 1. The third kappa shape index (κ3) is 5.74. The van der Waals surface area contributed by atoms with E-state index in [1.807, 2.05) is 18.2 Å². The lowest BCUT2D eigenvalue weighted by Gasteiger charge is -2.33. The molecule has 6 heteroatoms. The Kier molecular flexibility index (Phi) is 8.29. The lowest BCUT2D eigenvalue weighted by atomic mass is 10.0. The maximum atomic E-state index is 6.09. The molecule has 25 heavy (non-hydrogen) atoms. The summed E-state index contributed by atoms with van der Waals surface area (Å²) in [5.41, 5.74) is 7.26. The molecule has 2 aliphatic heterocycles. The fraction of sp³-hybridized carbons (Fsp3) is 0.632. The number of ether oxygens (including phenoxy) is 1. The number of hydrogen-bond donors (Lipinski definition) is 2. The summed E-state index contributed by atoms with van der Waals surface area (Å²) in [5.74, 6) is 1.50. The summed E-state index contributed by atoms with van der Waals surface area (Å²) in [6.07, 6.45) is 6.02. The van der Waals surface area contributed by atoms with Gasteiger partial charge in [-0.25, -0.2) is 0 Å². The van der Waals surface area contributed by atoms with Crippen molar-refractivity contribution in [2.75, 3.05) is 26.2 Å². The summed E-state index contributed by atoms with van der Waals surface area (Å²) >= 11 is 0. The molecule has 140 valence electrons. The standard InChI is InChI=1S/C19H30N4O.HI/c1-15-7-4-5-12-23(15)13-6-11-21-19(20)22-17-10-14-24-18-9-3-2-8-16(17)18;/h2-3,8-9,15,17H,4-7,10-14H2,1H3,(H3,20,21,22);1H. The lowest BCUT2D eigenvalue weighted by Crippen LogP contribution is -2.39. The molecule has 0 aliphatic carbocycles. The number of guanidine groups is 1.